The van der Waals surface area contributed by atoms with Gasteiger partial charge in [0.1, 0.15) is 6.10 Å². The van der Waals surface area contributed by atoms with E-state index in [2.05, 4.69) is 5.10 Å². The molecule has 96 valence electrons. The predicted molar refractivity (Wildman–Crippen MR) is 63.1 cm³/mol. The molecule has 0 amide bonds. The monoisotopic (exact) mass is 240 g/mol. The van der Waals surface area contributed by atoms with Gasteiger partial charge in [0.05, 0.1) is 12.7 Å². The molecule has 5 heteroatoms. The number of rotatable bonds is 6. The molecule has 2 heterocycles. The van der Waals surface area contributed by atoms with Crippen LogP contribution in [0.5, 0.6) is 5.88 Å². The lowest BCUT2D eigenvalue weighted by Gasteiger charge is -2.33. The Morgan fingerprint density at radius 1 is 1.59 bits per heavy atom. The van der Waals surface area contributed by atoms with Crippen LogP contribution in [0, 0.1) is 0 Å². The minimum Gasteiger partial charge on any atom is -0.468 e. The van der Waals surface area contributed by atoms with Crippen molar-refractivity contribution < 1.29 is 14.6 Å². The van der Waals surface area contributed by atoms with Gasteiger partial charge in [0.2, 0.25) is 5.88 Å². The van der Waals surface area contributed by atoms with Crippen LogP contribution in [0.2, 0.25) is 0 Å². The summed E-state index contributed by atoms with van der Waals surface area (Å²) < 4.78 is 12.9. The smallest absolute Gasteiger partial charge is 0.236 e. The number of hydrogen-bond acceptors (Lipinski definition) is 4. The first-order chi connectivity index (χ1) is 8.20. The van der Waals surface area contributed by atoms with E-state index in [4.69, 9.17) is 14.6 Å². The second kappa shape index (κ2) is 5.51. The average molecular weight is 240 g/mol. The Hall–Kier alpha value is -1.07. The van der Waals surface area contributed by atoms with Crippen molar-refractivity contribution in [1.82, 2.24) is 9.78 Å². The van der Waals surface area contributed by atoms with Gasteiger partial charge in [-0.3, -0.25) is 4.68 Å². The highest BCUT2D eigenvalue weighted by Crippen LogP contribution is 2.23. The van der Waals surface area contributed by atoms with E-state index in [0.717, 1.165) is 24.8 Å². The largest absolute Gasteiger partial charge is 0.468 e. The van der Waals surface area contributed by atoms with Gasteiger partial charge in [-0.15, -0.1) is 5.10 Å². The Bertz CT molecular complexity index is 365. The second-order valence-corrected chi connectivity index (χ2v) is 4.51. The first-order valence-electron chi connectivity index (χ1n) is 6.12. The minimum atomic E-state index is 0.126. The van der Waals surface area contributed by atoms with E-state index in [0.29, 0.717) is 12.5 Å². The number of hydrogen-bond donors (Lipinski definition) is 1. The third-order valence-electron chi connectivity index (χ3n) is 3.03. The van der Waals surface area contributed by atoms with Gasteiger partial charge in [0.25, 0.3) is 0 Å². The quantitative estimate of drug-likeness (QED) is 0.751. The molecular formula is C12H20N2O3. The predicted octanol–water partition coefficient (Wildman–Crippen LogP) is 0.901. The zero-order valence-corrected chi connectivity index (χ0v) is 10.4. The molecule has 17 heavy (non-hydrogen) atoms. The summed E-state index contributed by atoms with van der Waals surface area (Å²) in [6.45, 7) is 2.89. The molecule has 1 fully saturated rings. The van der Waals surface area contributed by atoms with Crippen molar-refractivity contribution in [3.8, 4) is 5.88 Å². The van der Waals surface area contributed by atoms with Gasteiger partial charge in [-0.05, 0) is 26.2 Å². The molecule has 0 aromatic carbocycles. The fraction of sp³-hybridized carbons (Fsp3) is 0.750. The van der Waals surface area contributed by atoms with Crippen LogP contribution in [0.15, 0.2) is 6.20 Å². The van der Waals surface area contributed by atoms with Gasteiger partial charge in [-0.25, -0.2) is 0 Å². The first-order valence-corrected chi connectivity index (χ1v) is 6.12. The van der Waals surface area contributed by atoms with E-state index in [1.54, 1.807) is 4.68 Å². The molecule has 0 aliphatic carbocycles. The number of aliphatic hydroxyl groups excluding tert-OH is 1. The van der Waals surface area contributed by atoms with Crippen molar-refractivity contribution in [3.63, 3.8) is 0 Å². The summed E-state index contributed by atoms with van der Waals surface area (Å²) in [5.74, 6) is 0.714. The van der Waals surface area contributed by atoms with Crippen LogP contribution < -0.4 is 4.74 Å². The molecule has 1 aromatic heterocycles. The van der Waals surface area contributed by atoms with Crippen LogP contribution in [0.4, 0.5) is 0 Å². The maximum absolute atomic E-state index is 8.78. The third kappa shape index (κ3) is 2.98. The summed E-state index contributed by atoms with van der Waals surface area (Å²) in [7, 11) is 1.89. The van der Waals surface area contributed by atoms with Crippen LogP contribution in [0.1, 0.15) is 25.3 Å². The van der Waals surface area contributed by atoms with E-state index in [1.165, 1.54) is 0 Å². The number of nitrogens with zero attached hydrogens (tertiary/aromatic N) is 2. The Labute approximate surface area is 101 Å². The van der Waals surface area contributed by atoms with E-state index in [1.807, 2.05) is 20.2 Å². The van der Waals surface area contributed by atoms with E-state index < -0.39 is 0 Å². The Morgan fingerprint density at radius 2 is 2.41 bits per heavy atom. The number of aliphatic hydroxyl groups is 1. The lowest BCUT2D eigenvalue weighted by molar-refractivity contribution is -0.141. The van der Waals surface area contributed by atoms with E-state index in [-0.39, 0.29) is 18.8 Å². The fourth-order valence-electron chi connectivity index (χ4n) is 1.86. The molecule has 0 radical (unpaired) electrons. The van der Waals surface area contributed by atoms with Gasteiger partial charge in [-0.2, -0.15) is 0 Å². The van der Waals surface area contributed by atoms with Crippen LogP contribution in [-0.4, -0.2) is 40.3 Å². The molecule has 0 spiro atoms. The van der Waals surface area contributed by atoms with E-state index >= 15 is 0 Å². The van der Waals surface area contributed by atoms with Crippen molar-refractivity contribution in [2.45, 2.75) is 38.4 Å². The molecule has 0 unspecified atom stereocenters. The molecule has 0 bridgehead atoms. The van der Waals surface area contributed by atoms with E-state index in [9.17, 15) is 0 Å². The molecule has 1 aromatic rings. The SMILES string of the molecule is C[C@@H]1OC[C@@H]1Oc1nn(C)cc1CCCCO. The Balaban J connectivity index is 1.94. The third-order valence-corrected chi connectivity index (χ3v) is 3.03. The number of aryl methyl sites for hydroxylation is 2. The number of unbranched alkanes of at least 4 members (excludes halogenated alkanes) is 1. The lowest BCUT2D eigenvalue weighted by atomic mass is 10.1. The fourth-order valence-corrected chi connectivity index (χ4v) is 1.86. The number of ether oxygens (including phenoxy) is 2. The molecule has 1 aliphatic heterocycles. The van der Waals surface area contributed by atoms with Gasteiger partial charge in [0, 0.05) is 25.4 Å². The zero-order chi connectivity index (χ0) is 12.3. The number of aromatic nitrogens is 2. The molecule has 1 saturated heterocycles. The molecular weight excluding hydrogens is 220 g/mol. The highest BCUT2D eigenvalue weighted by Gasteiger charge is 2.31. The zero-order valence-electron chi connectivity index (χ0n) is 10.4. The summed E-state index contributed by atoms with van der Waals surface area (Å²) in [5, 5.41) is 13.1. The summed E-state index contributed by atoms with van der Waals surface area (Å²) >= 11 is 0. The van der Waals surface area contributed by atoms with Crippen molar-refractivity contribution >= 4 is 0 Å². The molecule has 2 rings (SSSR count). The van der Waals surface area contributed by atoms with Gasteiger partial charge in [0.15, 0.2) is 0 Å². The Morgan fingerprint density at radius 3 is 3.00 bits per heavy atom. The maximum atomic E-state index is 8.78. The van der Waals surface area contributed by atoms with Gasteiger partial charge in [-0.1, -0.05) is 0 Å². The standard InChI is InChI=1S/C12H20N2O3/c1-9-11(8-16-9)17-12-10(5-3-4-6-15)7-14(2)13-12/h7,9,11,15H,3-6,8H2,1-2H3/t9-,11-/m0/s1. The van der Waals surface area contributed by atoms with Crippen LogP contribution >= 0.6 is 0 Å². The highest BCUT2D eigenvalue weighted by molar-refractivity contribution is 5.24. The maximum Gasteiger partial charge on any atom is 0.236 e. The average Bonchev–Trinajstić information content (AvgIpc) is 2.65. The van der Waals surface area contributed by atoms with Crippen molar-refractivity contribution in [3.05, 3.63) is 11.8 Å². The summed E-state index contributed by atoms with van der Waals surface area (Å²) in [6.07, 6.45) is 4.93. The van der Waals surface area contributed by atoms with Crippen molar-refractivity contribution in [2.24, 2.45) is 7.05 Å². The second-order valence-electron chi connectivity index (χ2n) is 4.51. The van der Waals surface area contributed by atoms with Crippen molar-refractivity contribution in [1.29, 1.82) is 0 Å². The van der Waals surface area contributed by atoms with Crippen LogP contribution in [0.25, 0.3) is 0 Å². The highest BCUT2D eigenvalue weighted by atomic mass is 16.6. The molecule has 2 atom stereocenters. The topological polar surface area (TPSA) is 56.5 Å². The summed E-state index contributed by atoms with van der Waals surface area (Å²) in [5.41, 5.74) is 1.11. The lowest BCUT2D eigenvalue weighted by Crippen LogP contribution is -2.47. The summed E-state index contributed by atoms with van der Waals surface area (Å²) in [4.78, 5) is 0. The van der Waals surface area contributed by atoms with Crippen molar-refractivity contribution in [2.75, 3.05) is 13.2 Å². The Kier molecular flexibility index (Phi) is 4.02. The van der Waals surface area contributed by atoms with Gasteiger partial charge >= 0.3 is 0 Å². The molecule has 1 aliphatic rings. The first kappa shape index (κ1) is 12.4. The van der Waals surface area contributed by atoms with Crippen LogP contribution in [-0.2, 0) is 18.2 Å². The molecule has 1 N–H and O–H groups in total. The minimum absolute atomic E-state index is 0.126. The van der Waals surface area contributed by atoms with Crippen LogP contribution in [0.3, 0.4) is 0 Å². The molecule has 5 nitrogen and oxygen atoms in total. The normalized spacial score (nSPS) is 23.5. The van der Waals surface area contributed by atoms with Gasteiger partial charge < -0.3 is 14.6 Å². The molecule has 0 saturated carbocycles. The summed E-state index contributed by atoms with van der Waals surface area (Å²) in [6, 6.07) is 0.